The lowest BCUT2D eigenvalue weighted by Crippen LogP contribution is -2.57. The molecule has 0 aromatic rings. The molecule has 0 aromatic carbocycles. The van der Waals surface area contributed by atoms with Crippen LogP contribution in [0.1, 0.15) is 0 Å². The number of fused-ring (bicyclic) bond motifs is 2. The van der Waals surface area contributed by atoms with Crippen LogP contribution < -0.4 is 0 Å². The van der Waals surface area contributed by atoms with Crippen LogP contribution in [0.5, 0.6) is 0 Å². The largest absolute Gasteiger partial charge is 0.377 e. The van der Waals surface area contributed by atoms with E-state index in [1.807, 2.05) is 0 Å². The number of ether oxygens (including phenoxy) is 2. The molecule has 2 heterocycles. The fraction of sp³-hybridized carbons (Fsp3) is 0.857. The molecule has 0 saturated carbocycles. The molecule has 4 nitrogen and oxygen atoms in total. The number of rotatable bonds is 0. The van der Waals surface area contributed by atoms with Crippen LogP contribution in [0.25, 0.3) is 0 Å². The highest BCUT2D eigenvalue weighted by molar-refractivity contribution is 4.93. The monoisotopic (exact) mass is 154 g/mol. The molecule has 0 aromatic heterocycles. The molecule has 0 N–H and O–H groups in total. The Kier molecular flexibility index (Phi) is 1.68. The van der Waals surface area contributed by atoms with Crippen molar-refractivity contribution in [2.45, 2.75) is 12.1 Å². The van der Waals surface area contributed by atoms with Crippen LogP contribution in [0.3, 0.4) is 0 Å². The lowest BCUT2D eigenvalue weighted by Gasteiger charge is -2.41. The molecule has 11 heavy (non-hydrogen) atoms. The molecular formula is C7H10N2O2. The molecule has 2 saturated heterocycles. The molecule has 0 unspecified atom stereocenters. The summed E-state index contributed by atoms with van der Waals surface area (Å²) in [6.07, 6.45) is 2.18. The van der Waals surface area contributed by atoms with Crippen LogP contribution in [0, 0.1) is 11.5 Å². The van der Waals surface area contributed by atoms with Gasteiger partial charge in [0.25, 0.3) is 0 Å². The standard InChI is InChI=1S/C7H10N2O2/c8-5-9-6-1-10-3-7(9)4-11-2-6/h6-7H,1-4H2. The highest BCUT2D eigenvalue weighted by Crippen LogP contribution is 2.17. The number of hydrogen-bond acceptors (Lipinski definition) is 4. The van der Waals surface area contributed by atoms with E-state index in [4.69, 9.17) is 14.7 Å². The molecule has 2 aliphatic rings. The van der Waals surface area contributed by atoms with E-state index in [-0.39, 0.29) is 12.1 Å². The molecular weight excluding hydrogens is 144 g/mol. The summed E-state index contributed by atoms with van der Waals surface area (Å²) < 4.78 is 10.6. The average molecular weight is 154 g/mol. The smallest absolute Gasteiger partial charge is 0.180 e. The molecule has 4 heteroatoms. The van der Waals surface area contributed by atoms with Gasteiger partial charge in [0.2, 0.25) is 0 Å². The van der Waals surface area contributed by atoms with Gasteiger partial charge in [0.1, 0.15) is 0 Å². The summed E-state index contributed by atoms with van der Waals surface area (Å²) in [7, 11) is 0. The van der Waals surface area contributed by atoms with Crippen LogP contribution in [0.15, 0.2) is 0 Å². The number of nitrogens with zero attached hydrogens (tertiary/aromatic N) is 2. The second-order valence-corrected chi connectivity index (χ2v) is 2.89. The van der Waals surface area contributed by atoms with Gasteiger partial charge >= 0.3 is 0 Å². The molecule has 2 fully saturated rings. The van der Waals surface area contributed by atoms with Crippen LogP contribution in [0.4, 0.5) is 0 Å². The number of morpholine rings is 2. The van der Waals surface area contributed by atoms with Crippen molar-refractivity contribution >= 4 is 0 Å². The van der Waals surface area contributed by atoms with E-state index in [0.29, 0.717) is 26.4 Å². The third-order valence-corrected chi connectivity index (χ3v) is 2.14. The van der Waals surface area contributed by atoms with Crippen LogP contribution in [0.2, 0.25) is 0 Å². The Bertz CT molecular complexity index is 167. The van der Waals surface area contributed by atoms with Gasteiger partial charge < -0.3 is 9.47 Å². The van der Waals surface area contributed by atoms with Gasteiger partial charge in [-0.3, -0.25) is 4.90 Å². The number of hydrogen-bond donors (Lipinski definition) is 0. The van der Waals surface area contributed by atoms with Crippen molar-refractivity contribution in [1.82, 2.24) is 4.90 Å². The molecule has 0 aliphatic carbocycles. The Morgan fingerprint density at radius 1 is 1.09 bits per heavy atom. The van der Waals surface area contributed by atoms with Gasteiger partial charge in [-0.2, -0.15) is 5.26 Å². The Hall–Kier alpha value is -0.790. The van der Waals surface area contributed by atoms with E-state index in [9.17, 15) is 0 Å². The summed E-state index contributed by atoms with van der Waals surface area (Å²) in [5.74, 6) is 0. The first-order chi connectivity index (χ1) is 5.42. The third-order valence-electron chi connectivity index (χ3n) is 2.14. The first kappa shape index (κ1) is 6.89. The van der Waals surface area contributed by atoms with Gasteiger partial charge in [-0.1, -0.05) is 0 Å². The minimum absolute atomic E-state index is 0.160. The maximum atomic E-state index is 8.76. The highest BCUT2D eigenvalue weighted by Gasteiger charge is 2.34. The van der Waals surface area contributed by atoms with Gasteiger partial charge in [0.05, 0.1) is 38.5 Å². The Labute approximate surface area is 65.3 Å². The molecule has 2 aliphatic heterocycles. The van der Waals surface area contributed by atoms with Crippen molar-refractivity contribution in [3.05, 3.63) is 0 Å². The molecule has 0 amide bonds. The topological polar surface area (TPSA) is 45.5 Å². The Morgan fingerprint density at radius 3 is 1.82 bits per heavy atom. The van der Waals surface area contributed by atoms with Crippen molar-refractivity contribution < 1.29 is 9.47 Å². The van der Waals surface area contributed by atoms with Crippen molar-refractivity contribution in [3.63, 3.8) is 0 Å². The normalized spacial score (nSPS) is 36.5. The second kappa shape index (κ2) is 2.68. The SMILES string of the molecule is N#CN1C2COCC1COC2. The molecule has 2 bridgehead atoms. The molecule has 0 spiro atoms. The summed E-state index contributed by atoms with van der Waals surface area (Å²) in [4.78, 5) is 1.80. The molecule has 2 rings (SSSR count). The first-order valence-electron chi connectivity index (χ1n) is 3.75. The quantitative estimate of drug-likeness (QED) is 0.444. The van der Waals surface area contributed by atoms with Gasteiger partial charge in [-0.05, 0) is 0 Å². The minimum Gasteiger partial charge on any atom is -0.377 e. The van der Waals surface area contributed by atoms with Crippen molar-refractivity contribution in [2.24, 2.45) is 0 Å². The fourth-order valence-electron chi connectivity index (χ4n) is 1.56. The summed E-state index contributed by atoms with van der Waals surface area (Å²) in [6, 6.07) is 0.319. The zero-order chi connectivity index (χ0) is 7.68. The molecule has 60 valence electrons. The van der Waals surface area contributed by atoms with Crippen LogP contribution >= 0.6 is 0 Å². The van der Waals surface area contributed by atoms with E-state index in [0.717, 1.165) is 0 Å². The minimum atomic E-state index is 0.160. The predicted molar refractivity (Wildman–Crippen MR) is 36.7 cm³/mol. The number of nitriles is 1. The zero-order valence-corrected chi connectivity index (χ0v) is 6.19. The lowest BCUT2D eigenvalue weighted by atomic mass is 10.1. The lowest BCUT2D eigenvalue weighted by molar-refractivity contribution is -0.114. The van der Waals surface area contributed by atoms with Crippen molar-refractivity contribution in [1.29, 1.82) is 5.26 Å². The van der Waals surface area contributed by atoms with Crippen LogP contribution in [-0.4, -0.2) is 43.4 Å². The van der Waals surface area contributed by atoms with Crippen LogP contribution in [-0.2, 0) is 9.47 Å². The summed E-state index contributed by atoms with van der Waals surface area (Å²) in [5.41, 5.74) is 0. The second-order valence-electron chi connectivity index (χ2n) is 2.89. The summed E-state index contributed by atoms with van der Waals surface area (Å²) in [5, 5.41) is 8.76. The van der Waals surface area contributed by atoms with E-state index in [2.05, 4.69) is 6.19 Å². The Morgan fingerprint density at radius 2 is 1.55 bits per heavy atom. The van der Waals surface area contributed by atoms with E-state index in [1.54, 1.807) is 4.90 Å². The highest BCUT2D eigenvalue weighted by atomic mass is 16.5. The third kappa shape index (κ3) is 1.06. The van der Waals surface area contributed by atoms with Gasteiger partial charge in [0.15, 0.2) is 6.19 Å². The van der Waals surface area contributed by atoms with Crippen molar-refractivity contribution in [3.8, 4) is 6.19 Å². The van der Waals surface area contributed by atoms with Gasteiger partial charge in [-0.15, -0.1) is 0 Å². The Balaban J connectivity index is 2.12. The first-order valence-corrected chi connectivity index (χ1v) is 3.75. The summed E-state index contributed by atoms with van der Waals surface area (Å²) in [6.45, 7) is 2.52. The predicted octanol–water partition coefficient (Wildman–Crippen LogP) is -0.433. The average Bonchev–Trinajstić information content (AvgIpc) is 2.03. The van der Waals surface area contributed by atoms with Gasteiger partial charge in [-0.25, -0.2) is 0 Å². The fourth-order valence-corrected chi connectivity index (χ4v) is 1.56. The molecule has 0 radical (unpaired) electrons. The van der Waals surface area contributed by atoms with Crippen molar-refractivity contribution in [2.75, 3.05) is 26.4 Å². The van der Waals surface area contributed by atoms with E-state index in [1.165, 1.54) is 0 Å². The molecule has 0 atom stereocenters. The zero-order valence-electron chi connectivity index (χ0n) is 6.19. The van der Waals surface area contributed by atoms with Gasteiger partial charge in [0, 0.05) is 0 Å². The summed E-state index contributed by atoms with van der Waals surface area (Å²) >= 11 is 0. The maximum absolute atomic E-state index is 8.76. The van der Waals surface area contributed by atoms with E-state index < -0.39 is 0 Å². The maximum Gasteiger partial charge on any atom is 0.180 e. The van der Waals surface area contributed by atoms with E-state index >= 15 is 0 Å².